The number of pyridine rings is 1. The largest absolute Gasteiger partial charge is 0.384 e. The summed E-state index contributed by atoms with van der Waals surface area (Å²) < 4.78 is 12.2. The van der Waals surface area contributed by atoms with Gasteiger partial charge in [-0.2, -0.15) is 0 Å². The van der Waals surface area contributed by atoms with Crippen molar-refractivity contribution in [1.82, 2.24) is 4.98 Å². The highest BCUT2D eigenvalue weighted by Crippen LogP contribution is 2.28. The monoisotopic (exact) mass is 336 g/mol. The lowest BCUT2D eigenvalue weighted by Crippen LogP contribution is -2.28. The molecule has 0 atom stereocenters. The van der Waals surface area contributed by atoms with E-state index in [1.165, 1.54) is 0 Å². The van der Waals surface area contributed by atoms with Crippen LogP contribution in [-0.2, 0) is 9.47 Å². The van der Waals surface area contributed by atoms with E-state index in [2.05, 4.69) is 32.3 Å². The highest BCUT2D eigenvalue weighted by molar-refractivity contribution is 9.10. The number of nitrogens with one attached hydrogen (secondary N) is 1. The minimum atomic E-state index is -0.448. The van der Waals surface area contributed by atoms with Gasteiger partial charge < -0.3 is 14.8 Å². The first-order valence-corrected chi connectivity index (χ1v) is 7.52. The van der Waals surface area contributed by atoms with Gasteiger partial charge in [0, 0.05) is 34.7 Å². The van der Waals surface area contributed by atoms with Gasteiger partial charge in [0.1, 0.15) is 0 Å². The van der Waals surface area contributed by atoms with Crippen LogP contribution in [0.25, 0.3) is 10.9 Å². The molecule has 0 saturated carbocycles. The summed E-state index contributed by atoms with van der Waals surface area (Å²) in [6.45, 7) is 4.15. The van der Waals surface area contributed by atoms with Gasteiger partial charge in [-0.25, -0.2) is 0 Å². The molecule has 1 N–H and O–H groups in total. The number of hydrogen-bond acceptors (Lipinski definition) is 4. The van der Waals surface area contributed by atoms with Gasteiger partial charge in [-0.05, 0) is 35.0 Å². The molecule has 1 saturated heterocycles. The second-order valence-electron chi connectivity index (χ2n) is 5.00. The molecule has 0 aliphatic carbocycles. The highest BCUT2D eigenvalue weighted by atomic mass is 79.9. The van der Waals surface area contributed by atoms with Gasteiger partial charge in [-0.3, -0.25) is 4.98 Å². The van der Waals surface area contributed by atoms with Gasteiger partial charge >= 0.3 is 0 Å². The van der Waals surface area contributed by atoms with Crippen molar-refractivity contribution in [2.75, 3.05) is 25.1 Å². The Bertz CT molecular complexity index is 612. The van der Waals surface area contributed by atoms with Gasteiger partial charge in [-0.15, -0.1) is 0 Å². The fourth-order valence-electron chi connectivity index (χ4n) is 2.42. The zero-order valence-corrected chi connectivity index (χ0v) is 12.9. The van der Waals surface area contributed by atoms with Crippen LogP contribution in [0.2, 0.25) is 0 Å². The maximum atomic E-state index is 5.60. The van der Waals surface area contributed by atoms with Crippen LogP contribution in [0, 0.1) is 0 Å². The molecule has 4 nitrogen and oxygen atoms in total. The molecular formula is C15H17BrN2O2. The summed E-state index contributed by atoms with van der Waals surface area (Å²) in [6.07, 6.45) is 2.63. The average Bonchev–Trinajstić information content (AvgIpc) is 2.87. The lowest BCUT2D eigenvalue weighted by molar-refractivity contribution is -0.144. The third kappa shape index (κ3) is 2.80. The molecule has 3 rings (SSSR count). The standard InChI is InChI=1S/C15H17BrN2O2/c1-15(19-9-10-20-15)6-8-17-13-5-7-18-14-11(13)3-2-4-12(14)16/h2-5,7H,6,8-10H2,1H3,(H,17,18). The number of halogens is 1. The number of hydrogen-bond donors (Lipinski definition) is 1. The first-order valence-electron chi connectivity index (χ1n) is 6.73. The van der Waals surface area contributed by atoms with Crippen molar-refractivity contribution >= 4 is 32.5 Å². The summed E-state index contributed by atoms with van der Waals surface area (Å²) >= 11 is 3.53. The van der Waals surface area contributed by atoms with E-state index in [9.17, 15) is 0 Å². The van der Waals surface area contributed by atoms with Crippen molar-refractivity contribution in [3.8, 4) is 0 Å². The SMILES string of the molecule is CC1(CCNc2ccnc3c(Br)cccc23)OCCO1. The average molecular weight is 337 g/mol. The number of anilines is 1. The van der Waals surface area contributed by atoms with Crippen LogP contribution in [0.4, 0.5) is 5.69 Å². The molecule has 0 spiro atoms. The van der Waals surface area contributed by atoms with Gasteiger partial charge in [0.15, 0.2) is 5.79 Å². The molecule has 5 heteroatoms. The molecule has 1 fully saturated rings. The van der Waals surface area contributed by atoms with E-state index >= 15 is 0 Å². The number of aromatic nitrogens is 1. The van der Waals surface area contributed by atoms with Crippen molar-refractivity contribution in [3.63, 3.8) is 0 Å². The van der Waals surface area contributed by atoms with Gasteiger partial charge in [0.2, 0.25) is 0 Å². The van der Waals surface area contributed by atoms with E-state index in [1.54, 1.807) is 0 Å². The maximum Gasteiger partial charge on any atom is 0.167 e. The van der Waals surface area contributed by atoms with Crippen molar-refractivity contribution in [1.29, 1.82) is 0 Å². The molecule has 1 aliphatic heterocycles. The minimum Gasteiger partial charge on any atom is -0.384 e. The van der Waals surface area contributed by atoms with E-state index in [1.807, 2.05) is 31.3 Å². The highest BCUT2D eigenvalue weighted by Gasteiger charge is 2.30. The van der Waals surface area contributed by atoms with Gasteiger partial charge in [-0.1, -0.05) is 12.1 Å². The first kappa shape index (κ1) is 13.8. The van der Waals surface area contributed by atoms with Crippen LogP contribution in [0.15, 0.2) is 34.9 Å². The smallest absolute Gasteiger partial charge is 0.167 e. The van der Waals surface area contributed by atoms with E-state index in [4.69, 9.17) is 9.47 Å². The molecule has 106 valence electrons. The van der Waals surface area contributed by atoms with Crippen LogP contribution < -0.4 is 5.32 Å². The normalized spacial score (nSPS) is 17.5. The summed E-state index contributed by atoms with van der Waals surface area (Å²) in [5.41, 5.74) is 2.05. The predicted octanol–water partition coefficient (Wildman–Crippen LogP) is 3.56. The zero-order valence-electron chi connectivity index (χ0n) is 11.4. The lowest BCUT2D eigenvalue weighted by Gasteiger charge is -2.22. The number of nitrogens with zero attached hydrogens (tertiary/aromatic N) is 1. The van der Waals surface area contributed by atoms with Gasteiger partial charge in [0.25, 0.3) is 0 Å². The third-order valence-electron chi connectivity index (χ3n) is 3.51. The second-order valence-corrected chi connectivity index (χ2v) is 5.86. The second kappa shape index (κ2) is 5.68. The van der Waals surface area contributed by atoms with Crippen molar-refractivity contribution in [2.45, 2.75) is 19.1 Å². The molecular weight excluding hydrogens is 320 g/mol. The molecule has 1 aliphatic rings. The first-order chi connectivity index (χ1) is 9.68. The van der Waals surface area contributed by atoms with E-state index in [0.717, 1.165) is 34.0 Å². The van der Waals surface area contributed by atoms with Crippen molar-refractivity contribution in [3.05, 3.63) is 34.9 Å². The summed E-state index contributed by atoms with van der Waals surface area (Å²) in [7, 11) is 0. The van der Waals surface area contributed by atoms with E-state index in [-0.39, 0.29) is 0 Å². The molecule has 20 heavy (non-hydrogen) atoms. The Morgan fingerprint density at radius 3 is 2.90 bits per heavy atom. The lowest BCUT2D eigenvalue weighted by atomic mass is 10.1. The zero-order chi connectivity index (χ0) is 14.0. The minimum absolute atomic E-state index is 0.448. The number of para-hydroxylation sites is 1. The molecule has 0 bridgehead atoms. The number of ether oxygens (including phenoxy) is 2. The van der Waals surface area contributed by atoms with Crippen molar-refractivity contribution in [2.24, 2.45) is 0 Å². The Kier molecular flexibility index (Phi) is 3.92. The van der Waals surface area contributed by atoms with Crippen LogP contribution >= 0.6 is 15.9 Å². The Morgan fingerprint density at radius 1 is 1.30 bits per heavy atom. The van der Waals surface area contributed by atoms with E-state index < -0.39 is 5.79 Å². The number of fused-ring (bicyclic) bond motifs is 1. The molecule has 2 aromatic rings. The Morgan fingerprint density at radius 2 is 2.10 bits per heavy atom. The molecule has 0 radical (unpaired) electrons. The Balaban J connectivity index is 1.73. The predicted molar refractivity (Wildman–Crippen MR) is 82.9 cm³/mol. The Hall–Kier alpha value is -1.17. The molecule has 1 aromatic heterocycles. The quantitative estimate of drug-likeness (QED) is 0.926. The number of benzene rings is 1. The summed E-state index contributed by atoms with van der Waals surface area (Å²) in [4.78, 5) is 4.40. The molecule has 0 unspecified atom stereocenters. The van der Waals surface area contributed by atoms with E-state index in [0.29, 0.717) is 13.2 Å². The van der Waals surface area contributed by atoms with Crippen molar-refractivity contribution < 1.29 is 9.47 Å². The Labute approximate surface area is 126 Å². The van der Waals surface area contributed by atoms with Crippen LogP contribution in [0.3, 0.4) is 0 Å². The third-order valence-corrected chi connectivity index (χ3v) is 4.15. The summed E-state index contributed by atoms with van der Waals surface area (Å²) in [5, 5.41) is 4.56. The van der Waals surface area contributed by atoms with Crippen LogP contribution in [0.5, 0.6) is 0 Å². The maximum absolute atomic E-state index is 5.60. The molecule has 1 aromatic carbocycles. The van der Waals surface area contributed by atoms with Gasteiger partial charge in [0.05, 0.1) is 18.7 Å². The number of rotatable bonds is 4. The summed E-state index contributed by atoms with van der Waals surface area (Å²) in [6, 6.07) is 8.08. The molecule has 0 amide bonds. The topological polar surface area (TPSA) is 43.4 Å². The fraction of sp³-hybridized carbons (Fsp3) is 0.400. The fourth-order valence-corrected chi connectivity index (χ4v) is 2.89. The molecule has 2 heterocycles. The van der Waals surface area contributed by atoms with Crippen LogP contribution in [0.1, 0.15) is 13.3 Å². The summed E-state index contributed by atoms with van der Waals surface area (Å²) in [5.74, 6) is -0.448. The van der Waals surface area contributed by atoms with Crippen LogP contribution in [-0.4, -0.2) is 30.5 Å².